The van der Waals surface area contributed by atoms with Crippen LogP contribution >= 0.6 is 34.8 Å². The van der Waals surface area contributed by atoms with Crippen LogP contribution in [0.5, 0.6) is 0 Å². The quantitative estimate of drug-likeness (QED) is 0.327. The maximum absolute atomic E-state index is 13.3. The molecular weight excluding hydrogens is 569 g/mol. The fraction of sp³-hybridized carbons (Fsp3) is 0.290. The number of hydrogen-bond donors (Lipinski definition) is 1. The Kier molecular flexibility index (Phi) is 8.05. The number of halogens is 3. The van der Waals surface area contributed by atoms with E-state index in [1.807, 2.05) is 51.1 Å². The van der Waals surface area contributed by atoms with Crippen molar-refractivity contribution in [3.8, 4) is 11.1 Å². The zero-order valence-corrected chi connectivity index (χ0v) is 24.8. The number of rotatable bonds is 3. The molecule has 3 aromatic rings. The summed E-state index contributed by atoms with van der Waals surface area (Å²) in [6.07, 6.45) is 3.28. The first-order valence-electron chi connectivity index (χ1n) is 13.1. The lowest BCUT2D eigenvalue weighted by Gasteiger charge is -2.33. The average molecular weight is 599 g/mol. The molecule has 0 aliphatic carbocycles. The minimum Gasteiger partial charge on any atom is -0.444 e. The van der Waals surface area contributed by atoms with Gasteiger partial charge in [0.15, 0.2) is 0 Å². The number of urea groups is 1. The molecule has 0 aromatic heterocycles. The van der Waals surface area contributed by atoms with Crippen LogP contribution < -0.4 is 10.2 Å². The lowest BCUT2D eigenvalue weighted by molar-refractivity contribution is 0.0237. The van der Waals surface area contributed by atoms with E-state index in [0.717, 1.165) is 35.1 Å². The minimum atomic E-state index is -0.534. The monoisotopic (exact) mass is 597 g/mol. The van der Waals surface area contributed by atoms with Gasteiger partial charge in [0.25, 0.3) is 0 Å². The number of carbonyl (C=O) groups is 2. The highest BCUT2D eigenvalue weighted by atomic mass is 35.5. The number of fused-ring (bicyclic) bond motifs is 1. The molecule has 1 N–H and O–H groups in total. The third-order valence-corrected chi connectivity index (χ3v) is 7.80. The first kappa shape index (κ1) is 28.3. The number of piperidine rings is 1. The number of benzene rings is 3. The van der Waals surface area contributed by atoms with E-state index in [-0.39, 0.29) is 12.1 Å². The maximum atomic E-state index is 13.3. The van der Waals surface area contributed by atoms with E-state index in [9.17, 15) is 9.59 Å². The summed E-state index contributed by atoms with van der Waals surface area (Å²) in [6.45, 7) is 7.08. The van der Waals surface area contributed by atoms with Gasteiger partial charge < -0.3 is 15.0 Å². The molecule has 3 amide bonds. The minimum absolute atomic E-state index is 0.292. The fourth-order valence-electron chi connectivity index (χ4n) is 5.03. The van der Waals surface area contributed by atoms with E-state index in [4.69, 9.17) is 39.5 Å². The molecule has 0 spiro atoms. The summed E-state index contributed by atoms with van der Waals surface area (Å²) in [5, 5.41) is 4.31. The molecule has 40 heavy (non-hydrogen) atoms. The Bertz CT molecular complexity index is 1480. The lowest BCUT2D eigenvalue weighted by Crippen LogP contribution is -2.41. The number of likely N-dealkylation sites (tertiary alicyclic amines) is 1. The van der Waals surface area contributed by atoms with Crippen LogP contribution in [0, 0.1) is 0 Å². The topological polar surface area (TPSA) is 61.9 Å². The van der Waals surface area contributed by atoms with Crippen LogP contribution in [0.4, 0.5) is 21.0 Å². The molecular formula is C31H30Cl3N3O3. The molecule has 2 aliphatic heterocycles. The smallest absolute Gasteiger partial charge is 0.410 e. The van der Waals surface area contributed by atoms with Crippen molar-refractivity contribution in [2.45, 2.75) is 45.8 Å². The van der Waals surface area contributed by atoms with Crippen LogP contribution in [0.3, 0.4) is 0 Å². The standard InChI is InChI=1S/C31H30Cl3N3O3/c1-31(2,3)40-30(39)36-13-11-19(12-14-36)15-20-16-22(21-7-4-5-8-24(21)32)23-18-35-29(38)37(27(23)17-20)28-25(33)9-6-10-26(28)34/h4-10,15-17H,11-14,18H2,1-3H3,(H,35,38). The molecule has 2 heterocycles. The van der Waals surface area contributed by atoms with Gasteiger partial charge in [0.2, 0.25) is 0 Å². The molecule has 0 saturated carbocycles. The van der Waals surface area contributed by atoms with Gasteiger partial charge in [0, 0.05) is 35.8 Å². The largest absolute Gasteiger partial charge is 0.444 e. The molecule has 6 nitrogen and oxygen atoms in total. The van der Waals surface area contributed by atoms with Gasteiger partial charge in [-0.05, 0) is 75.1 Å². The van der Waals surface area contributed by atoms with Gasteiger partial charge in [-0.1, -0.05) is 70.7 Å². The van der Waals surface area contributed by atoms with Crippen molar-refractivity contribution in [3.63, 3.8) is 0 Å². The van der Waals surface area contributed by atoms with Gasteiger partial charge in [-0.15, -0.1) is 0 Å². The molecule has 0 unspecified atom stereocenters. The second-order valence-corrected chi connectivity index (χ2v) is 12.1. The average Bonchev–Trinajstić information content (AvgIpc) is 2.89. The number of anilines is 2. The molecule has 208 valence electrons. The first-order chi connectivity index (χ1) is 19.0. The number of para-hydroxylation sites is 1. The number of nitrogens with one attached hydrogen (secondary N) is 1. The van der Waals surface area contributed by atoms with E-state index in [2.05, 4.69) is 17.5 Å². The van der Waals surface area contributed by atoms with E-state index in [1.165, 1.54) is 10.5 Å². The Morgan fingerprint density at radius 1 is 0.925 bits per heavy atom. The number of carbonyl (C=O) groups excluding carboxylic acids is 2. The van der Waals surface area contributed by atoms with Crippen molar-refractivity contribution in [1.82, 2.24) is 10.2 Å². The highest BCUT2D eigenvalue weighted by molar-refractivity contribution is 6.40. The van der Waals surface area contributed by atoms with Crippen LogP contribution in [0.1, 0.15) is 44.7 Å². The van der Waals surface area contributed by atoms with Crippen molar-refractivity contribution in [3.05, 3.63) is 86.4 Å². The van der Waals surface area contributed by atoms with Crippen molar-refractivity contribution >= 4 is 64.4 Å². The normalized spacial score (nSPS) is 15.4. The highest BCUT2D eigenvalue weighted by Gasteiger charge is 2.31. The second-order valence-electron chi connectivity index (χ2n) is 10.9. The molecule has 1 saturated heterocycles. The van der Waals surface area contributed by atoms with Crippen LogP contribution in [0.15, 0.2) is 60.2 Å². The molecule has 5 rings (SSSR count). The summed E-state index contributed by atoms with van der Waals surface area (Å²) in [5.74, 6) is 0. The molecule has 0 radical (unpaired) electrons. The van der Waals surface area contributed by atoms with Crippen LogP contribution in [0.25, 0.3) is 17.2 Å². The first-order valence-corrected chi connectivity index (χ1v) is 14.3. The third kappa shape index (κ3) is 5.95. The zero-order valence-electron chi connectivity index (χ0n) is 22.6. The Balaban J connectivity index is 1.57. The van der Waals surface area contributed by atoms with E-state index in [0.29, 0.717) is 46.1 Å². The summed E-state index contributed by atoms with van der Waals surface area (Å²) in [5.41, 5.74) is 5.37. The number of amides is 3. The molecule has 3 aromatic carbocycles. The van der Waals surface area contributed by atoms with Crippen molar-refractivity contribution in [1.29, 1.82) is 0 Å². The van der Waals surface area contributed by atoms with Gasteiger partial charge >= 0.3 is 12.1 Å². The Labute approximate surface area is 249 Å². The lowest BCUT2D eigenvalue weighted by atomic mass is 9.92. The summed E-state index contributed by atoms with van der Waals surface area (Å²) >= 11 is 19.8. The Morgan fingerprint density at radius 2 is 1.57 bits per heavy atom. The van der Waals surface area contributed by atoms with Gasteiger partial charge in [0.1, 0.15) is 5.60 Å². The third-order valence-electron chi connectivity index (χ3n) is 6.86. The SMILES string of the molecule is CC(C)(C)OC(=O)N1CCC(=Cc2cc(-c3ccccc3Cl)c3c(c2)N(c2c(Cl)cccc2Cl)C(=O)NC3)CC1. The van der Waals surface area contributed by atoms with Crippen LogP contribution in [-0.2, 0) is 11.3 Å². The zero-order chi connectivity index (χ0) is 28.6. The molecule has 0 atom stereocenters. The Morgan fingerprint density at radius 3 is 2.23 bits per heavy atom. The fourth-order valence-corrected chi connectivity index (χ4v) is 5.83. The predicted molar refractivity (Wildman–Crippen MR) is 163 cm³/mol. The number of hydrogen-bond acceptors (Lipinski definition) is 3. The van der Waals surface area contributed by atoms with Crippen molar-refractivity contribution in [2.24, 2.45) is 0 Å². The Hall–Kier alpha value is -3.19. The summed E-state index contributed by atoms with van der Waals surface area (Å²) < 4.78 is 5.54. The van der Waals surface area contributed by atoms with Gasteiger partial charge in [-0.3, -0.25) is 4.90 Å². The van der Waals surface area contributed by atoms with E-state index < -0.39 is 5.60 Å². The molecule has 1 fully saturated rings. The van der Waals surface area contributed by atoms with E-state index in [1.54, 1.807) is 23.1 Å². The van der Waals surface area contributed by atoms with Crippen LogP contribution in [0.2, 0.25) is 15.1 Å². The maximum Gasteiger partial charge on any atom is 0.410 e. The van der Waals surface area contributed by atoms with Gasteiger partial charge in [-0.2, -0.15) is 0 Å². The summed E-state index contributed by atoms with van der Waals surface area (Å²) in [4.78, 5) is 29.1. The highest BCUT2D eigenvalue weighted by Crippen LogP contribution is 2.45. The second kappa shape index (κ2) is 11.4. The summed E-state index contributed by atoms with van der Waals surface area (Å²) in [6, 6.07) is 16.6. The van der Waals surface area contributed by atoms with Crippen molar-refractivity contribution in [2.75, 3.05) is 18.0 Å². The van der Waals surface area contributed by atoms with Crippen molar-refractivity contribution < 1.29 is 14.3 Å². The van der Waals surface area contributed by atoms with E-state index >= 15 is 0 Å². The van der Waals surface area contributed by atoms with Gasteiger partial charge in [0.05, 0.1) is 21.4 Å². The number of nitrogens with zero attached hydrogens (tertiary/aromatic N) is 2. The molecule has 2 aliphatic rings. The predicted octanol–water partition coefficient (Wildman–Crippen LogP) is 9.09. The summed E-state index contributed by atoms with van der Waals surface area (Å²) in [7, 11) is 0. The number of ether oxygens (including phenoxy) is 1. The molecule has 9 heteroatoms. The molecule has 0 bridgehead atoms. The van der Waals surface area contributed by atoms with Crippen LogP contribution in [-0.4, -0.2) is 35.7 Å². The van der Waals surface area contributed by atoms with Gasteiger partial charge in [-0.25, -0.2) is 9.59 Å².